The average Bonchev–Trinajstić information content (AvgIpc) is 3.54. The van der Waals surface area contributed by atoms with Crippen LogP contribution in [0.1, 0.15) is 92.2 Å². The third-order valence-corrected chi connectivity index (χ3v) is 7.63. The number of amidine groups is 1. The fourth-order valence-electron chi connectivity index (χ4n) is 5.40. The zero-order chi connectivity index (χ0) is 26.5. The average molecular weight is 586 g/mol. The summed E-state index contributed by atoms with van der Waals surface area (Å²) in [6.45, 7) is 9.23. The fourth-order valence-corrected chi connectivity index (χ4v) is 5.40. The van der Waals surface area contributed by atoms with Gasteiger partial charge in [-0.25, -0.2) is 9.78 Å². The van der Waals surface area contributed by atoms with E-state index in [1.165, 1.54) is 0 Å². The first-order valence-corrected chi connectivity index (χ1v) is 13.2. The molecule has 1 aromatic carbocycles. The maximum atomic E-state index is 13.7. The number of hydrogen-bond acceptors (Lipinski definition) is 6. The van der Waals surface area contributed by atoms with Gasteiger partial charge in [0.05, 0.1) is 12.2 Å². The van der Waals surface area contributed by atoms with E-state index in [2.05, 4.69) is 17.9 Å². The molecular weight excluding hydrogens is 548 g/mol. The number of nitrogens with one attached hydrogen (secondary N) is 1. The van der Waals surface area contributed by atoms with Crippen LogP contribution in [0.5, 0.6) is 5.75 Å². The molecule has 1 saturated heterocycles. The van der Waals surface area contributed by atoms with E-state index in [0.717, 1.165) is 54.7 Å². The van der Waals surface area contributed by atoms with Crippen molar-refractivity contribution in [3.05, 3.63) is 52.3 Å². The van der Waals surface area contributed by atoms with Crippen LogP contribution in [0.25, 0.3) is 0 Å². The molecule has 2 aromatic rings. The minimum atomic E-state index is -1.04. The van der Waals surface area contributed by atoms with Gasteiger partial charge in [0.15, 0.2) is 12.4 Å². The second kappa shape index (κ2) is 10.7. The zero-order valence-corrected chi connectivity index (χ0v) is 24.3. The van der Waals surface area contributed by atoms with Crippen LogP contribution >= 0.6 is 17.0 Å². The molecule has 1 unspecified atom stereocenters. The molecule has 5 rings (SSSR count). The summed E-state index contributed by atoms with van der Waals surface area (Å²) in [5.41, 5.74) is 4.49. The van der Waals surface area contributed by atoms with Gasteiger partial charge in [0.2, 0.25) is 0 Å². The second-order valence-electron chi connectivity index (χ2n) is 11.6. The van der Waals surface area contributed by atoms with Crippen molar-refractivity contribution in [1.82, 2.24) is 9.88 Å². The Balaban J connectivity index is 0.00000336. The van der Waals surface area contributed by atoms with E-state index in [0.29, 0.717) is 35.3 Å². The molecule has 1 saturated carbocycles. The lowest BCUT2D eigenvalue weighted by Gasteiger charge is -2.31. The van der Waals surface area contributed by atoms with Crippen molar-refractivity contribution in [2.45, 2.75) is 77.3 Å². The summed E-state index contributed by atoms with van der Waals surface area (Å²) < 4.78 is 5.87. The molecule has 9 heteroatoms. The van der Waals surface area contributed by atoms with Crippen molar-refractivity contribution < 1.29 is 19.4 Å². The van der Waals surface area contributed by atoms with Gasteiger partial charge in [-0.1, -0.05) is 26.8 Å². The third-order valence-electron chi connectivity index (χ3n) is 7.63. The number of rotatable bonds is 8. The number of pyridine rings is 1. The molecule has 38 heavy (non-hydrogen) atoms. The van der Waals surface area contributed by atoms with Crippen LogP contribution < -0.4 is 9.64 Å². The predicted molar refractivity (Wildman–Crippen MR) is 152 cm³/mol. The number of aromatic nitrogens is 1. The molecule has 3 heterocycles. The van der Waals surface area contributed by atoms with Crippen LogP contribution in [0, 0.1) is 5.41 Å². The maximum absolute atomic E-state index is 13.7. The minimum absolute atomic E-state index is 0. The van der Waals surface area contributed by atoms with Crippen molar-refractivity contribution in [1.29, 1.82) is 5.41 Å². The summed E-state index contributed by atoms with van der Waals surface area (Å²) >= 11 is 0. The molecule has 1 aromatic heterocycles. The smallest absolute Gasteiger partial charge is 0.341 e. The quantitative estimate of drug-likeness (QED) is 0.405. The summed E-state index contributed by atoms with van der Waals surface area (Å²) in [5, 5.41) is 18.0. The van der Waals surface area contributed by atoms with E-state index in [-0.39, 0.29) is 40.8 Å². The molecule has 8 nitrogen and oxygen atoms in total. The monoisotopic (exact) mass is 584 g/mol. The molecule has 1 atom stereocenters. The molecule has 0 radical (unpaired) electrons. The third kappa shape index (κ3) is 5.58. The lowest BCUT2D eigenvalue weighted by atomic mass is 9.84. The highest BCUT2D eigenvalue weighted by molar-refractivity contribution is 8.93. The number of carbonyl (C=O) groups is 2. The highest BCUT2D eigenvalue weighted by Crippen LogP contribution is 2.43. The fraction of sp³-hybridized carbons (Fsp3) is 0.517. The van der Waals surface area contributed by atoms with Crippen LogP contribution in [0.4, 0.5) is 5.69 Å². The number of aliphatic carboxylic acids is 1. The second-order valence-corrected chi connectivity index (χ2v) is 11.6. The summed E-state index contributed by atoms with van der Waals surface area (Å²) in [7, 11) is 0. The van der Waals surface area contributed by atoms with Crippen molar-refractivity contribution in [2.24, 2.45) is 0 Å². The summed E-state index contributed by atoms with van der Waals surface area (Å²) in [4.78, 5) is 33.8. The van der Waals surface area contributed by atoms with E-state index in [9.17, 15) is 14.7 Å². The SMILES string of the molecule is Br.CC1CCCN1c1cc(C(=O)CN2Cc3ccc(C4CC4)nc3C2=N)cc(C(C)(C)C)c1OCC(=O)O. The number of ether oxygens (including phenoxy) is 1. The first-order valence-electron chi connectivity index (χ1n) is 13.2. The van der Waals surface area contributed by atoms with E-state index < -0.39 is 12.6 Å². The van der Waals surface area contributed by atoms with Crippen LogP contribution in [-0.4, -0.2) is 58.3 Å². The number of anilines is 1. The summed E-state index contributed by atoms with van der Waals surface area (Å²) in [5.74, 6) is 0.238. The van der Waals surface area contributed by atoms with Crippen molar-refractivity contribution >= 4 is 40.3 Å². The Morgan fingerprint density at radius 1 is 1.18 bits per heavy atom. The molecule has 0 amide bonds. The Kier molecular flexibility index (Phi) is 7.89. The van der Waals surface area contributed by atoms with Gasteiger partial charge in [-0.2, -0.15) is 0 Å². The number of carboxylic acids is 1. The van der Waals surface area contributed by atoms with E-state index >= 15 is 0 Å². The number of carboxylic acid groups (broad SMARTS) is 1. The molecular formula is C29H37BrN4O4. The standard InChI is InChI=1S/C29H36N4O4.BrH/c1-17-6-5-11-33(17)23-13-20(12-21(29(2,3)4)27(23)37-16-25(35)36)24(34)15-32-14-19-9-10-22(18-7-8-18)31-26(19)28(32)30;/h9-10,12-13,17-18,30H,5-8,11,14-16H2,1-4H3,(H,35,36);1H. The van der Waals surface area contributed by atoms with Gasteiger partial charge < -0.3 is 19.6 Å². The van der Waals surface area contributed by atoms with Crippen LogP contribution in [-0.2, 0) is 16.8 Å². The summed E-state index contributed by atoms with van der Waals surface area (Å²) in [6.07, 6.45) is 4.37. The number of benzene rings is 1. The van der Waals surface area contributed by atoms with Gasteiger partial charge in [0.1, 0.15) is 17.3 Å². The van der Waals surface area contributed by atoms with Gasteiger partial charge in [-0.3, -0.25) is 10.2 Å². The molecule has 3 aliphatic rings. The molecule has 2 fully saturated rings. The molecule has 2 aliphatic heterocycles. The normalized spacial score (nSPS) is 18.8. The number of carbonyl (C=O) groups excluding carboxylic acids is 1. The topological polar surface area (TPSA) is 107 Å². The predicted octanol–water partition coefficient (Wildman–Crippen LogP) is 5.31. The van der Waals surface area contributed by atoms with Gasteiger partial charge in [0, 0.05) is 47.4 Å². The molecule has 204 valence electrons. The van der Waals surface area contributed by atoms with Gasteiger partial charge in [0.25, 0.3) is 0 Å². The van der Waals surface area contributed by atoms with Gasteiger partial charge in [-0.05, 0) is 56.2 Å². The first kappa shape index (κ1) is 28.1. The number of ketones is 1. The van der Waals surface area contributed by atoms with Crippen LogP contribution in [0.2, 0.25) is 0 Å². The number of halogens is 1. The number of fused-ring (bicyclic) bond motifs is 1. The highest BCUT2D eigenvalue weighted by Gasteiger charge is 2.33. The molecule has 0 bridgehead atoms. The lowest BCUT2D eigenvalue weighted by Crippen LogP contribution is -2.32. The first-order chi connectivity index (χ1) is 17.5. The number of Topliss-reactive ketones (excluding diaryl/α,β-unsaturated/α-hetero) is 1. The Morgan fingerprint density at radius 2 is 1.92 bits per heavy atom. The van der Waals surface area contributed by atoms with Crippen molar-refractivity contribution in [3.63, 3.8) is 0 Å². The zero-order valence-electron chi connectivity index (χ0n) is 22.5. The Labute approximate surface area is 234 Å². The highest BCUT2D eigenvalue weighted by atomic mass is 79.9. The van der Waals surface area contributed by atoms with Crippen LogP contribution in [0.15, 0.2) is 24.3 Å². The van der Waals surface area contributed by atoms with Crippen molar-refractivity contribution in [2.75, 3.05) is 24.6 Å². The van der Waals surface area contributed by atoms with E-state index in [4.69, 9.17) is 15.1 Å². The van der Waals surface area contributed by atoms with Gasteiger partial charge >= 0.3 is 5.97 Å². The molecule has 2 N–H and O–H groups in total. The largest absolute Gasteiger partial charge is 0.479 e. The Morgan fingerprint density at radius 3 is 2.53 bits per heavy atom. The Bertz CT molecular complexity index is 1270. The van der Waals surface area contributed by atoms with Crippen LogP contribution in [0.3, 0.4) is 0 Å². The number of hydrogen-bond donors (Lipinski definition) is 2. The summed E-state index contributed by atoms with van der Waals surface area (Å²) in [6, 6.07) is 8.07. The lowest BCUT2D eigenvalue weighted by molar-refractivity contribution is -0.139. The number of nitrogens with zero attached hydrogens (tertiary/aromatic N) is 3. The van der Waals surface area contributed by atoms with E-state index in [1.54, 1.807) is 4.90 Å². The van der Waals surface area contributed by atoms with Crippen molar-refractivity contribution in [3.8, 4) is 5.75 Å². The maximum Gasteiger partial charge on any atom is 0.341 e. The van der Waals surface area contributed by atoms with E-state index in [1.807, 2.05) is 39.0 Å². The minimum Gasteiger partial charge on any atom is -0.479 e. The molecule has 0 spiro atoms. The molecule has 1 aliphatic carbocycles. The Hall–Kier alpha value is -2.94. The van der Waals surface area contributed by atoms with Gasteiger partial charge in [-0.15, -0.1) is 17.0 Å².